The highest BCUT2D eigenvalue weighted by Crippen LogP contribution is 2.45. The molecule has 0 saturated heterocycles. The van der Waals surface area contributed by atoms with Crippen LogP contribution in [0.2, 0.25) is 0 Å². The first kappa shape index (κ1) is 27.6. The molecule has 2 nitrogen and oxygen atoms in total. The fourth-order valence-electron chi connectivity index (χ4n) is 6.23. The van der Waals surface area contributed by atoms with Crippen molar-refractivity contribution < 1.29 is 35.8 Å². The minimum atomic E-state index is -3.88. The van der Waals surface area contributed by atoms with Crippen molar-refractivity contribution in [2.24, 2.45) is 17.8 Å². The van der Waals surface area contributed by atoms with E-state index in [0.717, 1.165) is 49.0 Å². The van der Waals surface area contributed by atoms with Gasteiger partial charge in [0.1, 0.15) is 5.75 Å². The summed E-state index contributed by atoms with van der Waals surface area (Å²) in [6.07, 6.45) is 8.50. The molecule has 204 valence electrons. The summed E-state index contributed by atoms with van der Waals surface area (Å²) in [5.41, 5.74) is 0.526. The molecule has 2 aromatic rings. The summed E-state index contributed by atoms with van der Waals surface area (Å²) in [5.74, 6) is -2.53. The van der Waals surface area contributed by atoms with E-state index < -0.39 is 41.4 Å². The highest BCUT2D eigenvalue weighted by molar-refractivity contribution is 5.36. The van der Waals surface area contributed by atoms with Crippen molar-refractivity contribution in [2.75, 3.05) is 0 Å². The molecule has 0 atom stereocenters. The summed E-state index contributed by atoms with van der Waals surface area (Å²) < 4.78 is 90.0. The first-order chi connectivity index (χ1) is 17.7. The summed E-state index contributed by atoms with van der Waals surface area (Å²) >= 11 is 0. The molecular weight excluding hydrogens is 494 g/mol. The van der Waals surface area contributed by atoms with Crippen molar-refractivity contribution in [3.05, 3.63) is 59.2 Å². The van der Waals surface area contributed by atoms with Crippen LogP contribution < -0.4 is 9.47 Å². The van der Waals surface area contributed by atoms with E-state index in [1.165, 1.54) is 50.7 Å². The summed E-state index contributed by atoms with van der Waals surface area (Å²) in [6, 6.07) is 6.62. The average molecular weight is 529 g/mol. The second-order valence-electron chi connectivity index (χ2n) is 10.5. The molecule has 37 heavy (non-hydrogen) atoms. The van der Waals surface area contributed by atoms with E-state index in [9.17, 15) is 26.3 Å². The van der Waals surface area contributed by atoms with Crippen LogP contribution in [0.4, 0.5) is 26.3 Å². The smallest absolute Gasteiger partial charge is 0.426 e. The van der Waals surface area contributed by atoms with Gasteiger partial charge in [-0.1, -0.05) is 44.7 Å². The van der Waals surface area contributed by atoms with Crippen LogP contribution in [0.5, 0.6) is 11.5 Å². The quantitative estimate of drug-likeness (QED) is 0.302. The van der Waals surface area contributed by atoms with Crippen molar-refractivity contribution in [2.45, 2.75) is 89.8 Å². The van der Waals surface area contributed by atoms with Crippen LogP contribution >= 0.6 is 0 Å². The Morgan fingerprint density at radius 3 is 1.89 bits per heavy atom. The van der Waals surface area contributed by atoms with Crippen molar-refractivity contribution in [1.82, 2.24) is 0 Å². The summed E-state index contributed by atoms with van der Waals surface area (Å²) in [5, 5.41) is 0. The first-order valence-electron chi connectivity index (χ1n) is 13.3. The van der Waals surface area contributed by atoms with Crippen LogP contribution in [0.3, 0.4) is 0 Å². The lowest BCUT2D eigenvalue weighted by Gasteiger charge is -2.38. The zero-order chi connectivity index (χ0) is 26.6. The maximum absolute atomic E-state index is 14.7. The number of hydrogen-bond donors (Lipinski definition) is 0. The van der Waals surface area contributed by atoms with Crippen LogP contribution in [0.1, 0.15) is 88.2 Å². The van der Waals surface area contributed by atoms with Gasteiger partial charge in [0, 0.05) is 12.1 Å². The molecule has 0 unspecified atom stereocenters. The molecule has 2 fully saturated rings. The molecule has 2 aliphatic rings. The average Bonchev–Trinajstić information content (AvgIpc) is 2.87. The van der Waals surface area contributed by atoms with Gasteiger partial charge in [-0.2, -0.15) is 17.6 Å². The van der Waals surface area contributed by atoms with Gasteiger partial charge in [-0.05, 0) is 79.9 Å². The molecule has 4 rings (SSSR count). The largest absolute Gasteiger partial charge is 0.429 e. The fourth-order valence-corrected chi connectivity index (χ4v) is 6.23. The molecule has 0 amide bonds. The van der Waals surface area contributed by atoms with E-state index in [1.807, 2.05) is 0 Å². The van der Waals surface area contributed by atoms with Gasteiger partial charge in [0.05, 0.1) is 5.56 Å². The van der Waals surface area contributed by atoms with Gasteiger partial charge >= 0.3 is 12.7 Å². The Bertz CT molecular complexity index is 987. The Kier molecular flexibility index (Phi) is 8.96. The molecule has 2 aromatic carbocycles. The van der Waals surface area contributed by atoms with Gasteiger partial charge in [0.15, 0.2) is 17.4 Å². The van der Waals surface area contributed by atoms with E-state index in [-0.39, 0.29) is 0 Å². The Hall–Kier alpha value is -2.38. The van der Waals surface area contributed by atoms with Gasteiger partial charge in [0.25, 0.3) is 0 Å². The SMILES string of the molecule is CCC[C@H]1CC[C@H]([C@H]2CC[C@H](c3ccc(C(F)(F)Oc4cc(F)c(OC(F)F)c(F)c4)cc3)CC2)CC1. The lowest BCUT2D eigenvalue weighted by atomic mass is 9.68. The van der Waals surface area contributed by atoms with Crippen molar-refractivity contribution in [3.63, 3.8) is 0 Å². The van der Waals surface area contributed by atoms with Gasteiger partial charge in [-0.15, -0.1) is 0 Å². The van der Waals surface area contributed by atoms with Gasteiger partial charge < -0.3 is 9.47 Å². The summed E-state index contributed by atoms with van der Waals surface area (Å²) in [6.45, 7) is -1.21. The number of alkyl halides is 4. The zero-order valence-corrected chi connectivity index (χ0v) is 21.0. The van der Waals surface area contributed by atoms with Crippen molar-refractivity contribution in [1.29, 1.82) is 0 Å². The second-order valence-corrected chi connectivity index (χ2v) is 10.5. The molecule has 0 heterocycles. The first-order valence-corrected chi connectivity index (χ1v) is 13.3. The van der Waals surface area contributed by atoms with Crippen LogP contribution in [0.15, 0.2) is 36.4 Å². The van der Waals surface area contributed by atoms with Crippen molar-refractivity contribution >= 4 is 0 Å². The summed E-state index contributed by atoms with van der Waals surface area (Å²) in [4.78, 5) is 0. The minimum Gasteiger partial charge on any atom is -0.429 e. The van der Waals surface area contributed by atoms with Gasteiger partial charge in [-0.3, -0.25) is 0 Å². The maximum atomic E-state index is 14.7. The number of hydrogen-bond acceptors (Lipinski definition) is 2. The van der Waals surface area contributed by atoms with Crippen molar-refractivity contribution in [3.8, 4) is 11.5 Å². The van der Waals surface area contributed by atoms with E-state index in [0.29, 0.717) is 18.1 Å². The fraction of sp³-hybridized carbons (Fsp3) is 0.586. The van der Waals surface area contributed by atoms with Crippen LogP contribution in [-0.2, 0) is 6.11 Å². The Morgan fingerprint density at radius 2 is 1.38 bits per heavy atom. The molecular formula is C29H34F6O2. The van der Waals surface area contributed by atoms with Crippen LogP contribution in [0, 0.1) is 29.4 Å². The molecule has 0 aromatic heterocycles. The number of rotatable bonds is 9. The molecule has 0 bridgehead atoms. The van der Waals surface area contributed by atoms with E-state index in [4.69, 9.17) is 0 Å². The number of ether oxygens (including phenoxy) is 2. The predicted octanol–water partition coefficient (Wildman–Crippen LogP) is 9.57. The molecule has 0 aliphatic heterocycles. The summed E-state index contributed by atoms with van der Waals surface area (Å²) in [7, 11) is 0. The van der Waals surface area contributed by atoms with Crippen LogP contribution in [0.25, 0.3) is 0 Å². The highest BCUT2D eigenvalue weighted by atomic mass is 19.3. The standard InChI is InChI=1S/C29H34F6O2/c1-2-3-18-4-6-19(7-5-18)20-8-10-21(11-9-20)22-12-14-23(15-13-22)29(34,35)37-24-16-25(30)27(26(31)17-24)36-28(32)33/h12-21,28H,2-11H2,1H3/t18-,19-,20-,21-. The van der Waals surface area contributed by atoms with Crippen LogP contribution in [-0.4, -0.2) is 6.61 Å². The normalized spacial score (nSPS) is 24.8. The topological polar surface area (TPSA) is 18.5 Å². The minimum absolute atomic E-state index is 0.321. The number of benzene rings is 2. The highest BCUT2D eigenvalue weighted by Gasteiger charge is 2.36. The van der Waals surface area contributed by atoms with Gasteiger partial charge in [-0.25, -0.2) is 8.78 Å². The Labute approximate surface area is 214 Å². The lowest BCUT2D eigenvalue weighted by molar-refractivity contribution is -0.185. The number of halogens is 6. The Morgan fingerprint density at radius 1 is 0.838 bits per heavy atom. The second kappa shape index (κ2) is 12.0. The molecule has 2 aliphatic carbocycles. The molecule has 0 spiro atoms. The maximum Gasteiger partial charge on any atom is 0.426 e. The molecule has 0 radical (unpaired) electrons. The third-order valence-corrected chi connectivity index (χ3v) is 8.17. The third kappa shape index (κ3) is 6.94. The van der Waals surface area contributed by atoms with E-state index in [1.54, 1.807) is 12.1 Å². The molecule has 8 heteroatoms. The Balaban J connectivity index is 1.33. The lowest BCUT2D eigenvalue weighted by Crippen LogP contribution is -2.25. The van der Waals surface area contributed by atoms with E-state index >= 15 is 0 Å². The molecule has 2 saturated carbocycles. The third-order valence-electron chi connectivity index (χ3n) is 8.17. The van der Waals surface area contributed by atoms with Gasteiger partial charge in [0.2, 0.25) is 0 Å². The predicted molar refractivity (Wildman–Crippen MR) is 129 cm³/mol. The molecule has 0 N–H and O–H groups in total. The monoisotopic (exact) mass is 528 g/mol. The zero-order valence-electron chi connectivity index (χ0n) is 21.0. The van der Waals surface area contributed by atoms with E-state index in [2.05, 4.69) is 16.4 Å².